The van der Waals surface area contributed by atoms with Crippen molar-refractivity contribution in [3.63, 3.8) is 0 Å². The molecule has 0 aliphatic carbocycles. The van der Waals surface area contributed by atoms with Gasteiger partial charge in [0.05, 0.1) is 41.4 Å². The highest BCUT2D eigenvalue weighted by atomic mass is 16.6. The third-order valence-electron chi connectivity index (χ3n) is 7.98. The lowest BCUT2D eigenvalue weighted by molar-refractivity contribution is -0.154. The first-order valence-electron chi connectivity index (χ1n) is 12.7. The van der Waals surface area contributed by atoms with Crippen LogP contribution < -0.4 is 0 Å². The molecule has 0 unspecified atom stereocenters. The summed E-state index contributed by atoms with van der Waals surface area (Å²) in [6.07, 6.45) is 3.60. The fourth-order valence-corrected chi connectivity index (χ4v) is 5.08. The standard InChI is InChI=1S/C28H41NO6/c1-17-10-9-12-28(6)23(35-28)15-21(18(2)14-20-11-7-8-13-29-20)34-24(31)16-22(30)27(4,5)26(33)19(3)25(17)32/h7-8,11,13-14,17,19,21-23,25,30,32H,9-10,12,15-16H2,1-6H3/t17-,19+,21-,22-,23+,25-,28+/m0/s1. The van der Waals surface area contributed by atoms with Gasteiger partial charge in [-0.05, 0) is 56.4 Å². The summed E-state index contributed by atoms with van der Waals surface area (Å²) in [6.45, 7) is 10.9. The first kappa shape index (κ1) is 27.5. The zero-order valence-corrected chi connectivity index (χ0v) is 21.9. The van der Waals surface area contributed by atoms with Crippen LogP contribution in [0, 0.1) is 17.3 Å². The molecule has 2 aliphatic heterocycles. The number of hydrogen-bond donors (Lipinski definition) is 2. The predicted molar refractivity (Wildman–Crippen MR) is 133 cm³/mol. The third-order valence-corrected chi connectivity index (χ3v) is 7.98. The second kappa shape index (κ2) is 10.9. The summed E-state index contributed by atoms with van der Waals surface area (Å²) >= 11 is 0. The van der Waals surface area contributed by atoms with Crippen LogP contribution in [0.3, 0.4) is 0 Å². The van der Waals surface area contributed by atoms with Crippen molar-refractivity contribution < 1.29 is 29.3 Å². The lowest BCUT2D eigenvalue weighted by atomic mass is 9.73. The molecule has 3 rings (SSSR count). The highest BCUT2D eigenvalue weighted by Gasteiger charge is 2.53. The van der Waals surface area contributed by atoms with E-state index in [0.29, 0.717) is 6.42 Å². The summed E-state index contributed by atoms with van der Waals surface area (Å²) in [6, 6.07) is 5.62. The maximum absolute atomic E-state index is 13.2. The smallest absolute Gasteiger partial charge is 0.309 e. The third kappa shape index (κ3) is 6.57. The molecule has 0 radical (unpaired) electrons. The molecule has 1 aromatic rings. The number of aliphatic hydroxyl groups excluding tert-OH is 2. The van der Waals surface area contributed by atoms with Gasteiger partial charge in [0, 0.05) is 18.5 Å². The van der Waals surface area contributed by atoms with E-state index in [2.05, 4.69) is 11.9 Å². The predicted octanol–water partition coefficient (Wildman–Crippen LogP) is 4.11. The highest BCUT2D eigenvalue weighted by molar-refractivity contribution is 5.88. The van der Waals surface area contributed by atoms with Gasteiger partial charge in [-0.25, -0.2) is 0 Å². The number of ketones is 1. The van der Waals surface area contributed by atoms with Crippen molar-refractivity contribution in [1.82, 2.24) is 4.98 Å². The molecular formula is C28H41NO6. The van der Waals surface area contributed by atoms with Crippen LogP contribution in [0.2, 0.25) is 0 Å². The summed E-state index contributed by atoms with van der Waals surface area (Å²) in [5.74, 6) is -1.56. The van der Waals surface area contributed by atoms with Crippen LogP contribution in [0.5, 0.6) is 0 Å². The van der Waals surface area contributed by atoms with E-state index < -0.39 is 35.6 Å². The molecule has 0 amide bonds. The molecule has 0 aromatic carbocycles. The second-order valence-electron chi connectivity index (χ2n) is 11.2. The van der Waals surface area contributed by atoms with Gasteiger partial charge >= 0.3 is 5.97 Å². The topological polar surface area (TPSA) is 109 Å². The second-order valence-corrected chi connectivity index (χ2v) is 11.2. The quantitative estimate of drug-likeness (QED) is 0.477. The monoisotopic (exact) mass is 487 g/mol. The molecule has 7 atom stereocenters. The number of carbonyl (C=O) groups excluding carboxylic acids is 2. The molecule has 7 nitrogen and oxygen atoms in total. The Labute approximate surface area is 208 Å². The molecule has 3 heterocycles. The van der Waals surface area contributed by atoms with E-state index in [0.717, 1.165) is 30.5 Å². The lowest BCUT2D eigenvalue weighted by Gasteiger charge is -2.34. The SMILES string of the molecule is CC(=Cc1ccccn1)[C@@H]1C[C@H]2O[C@]2(C)CCC[C@H](C)[C@H](O)[C@@H](C)C(=O)C(C)(C)[C@@H](O)CC(=O)O1. The number of cyclic esters (lactones) is 1. The summed E-state index contributed by atoms with van der Waals surface area (Å²) in [5, 5.41) is 21.7. The number of carbonyl (C=O) groups is 2. The van der Waals surface area contributed by atoms with Gasteiger partial charge in [0.15, 0.2) is 0 Å². The molecule has 0 bridgehead atoms. The first-order chi connectivity index (χ1) is 16.3. The Morgan fingerprint density at radius 3 is 2.54 bits per heavy atom. The van der Waals surface area contributed by atoms with E-state index in [-0.39, 0.29) is 29.8 Å². The lowest BCUT2D eigenvalue weighted by Crippen LogP contribution is -2.45. The average molecular weight is 488 g/mol. The van der Waals surface area contributed by atoms with Crippen LogP contribution in [0.25, 0.3) is 6.08 Å². The van der Waals surface area contributed by atoms with Crippen molar-refractivity contribution in [2.75, 3.05) is 0 Å². The Kier molecular flexibility index (Phi) is 8.56. The molecule has 194 valence electrons. The molecule has 35 heavy (non-hydrogen) atoms. The normalized spacial score (nSPS) is 37.3. The zero-order chi connectivity index (χ0) is 26.0. The molecule has 2 aliphatic rings. The van der Waals surface area contributed by atoms with Crippen molar-refractivity contribution in [3.8, 4) is 0 Å². The number of aromatic nitrogens is 1. The highest BCUT2D eigenvalue weighted by Crippen LogP contribution is 2.45. The Hall–Kier alpha value is -2.09. The Morgan fingerprint density at radius 1 is 1.17 bits per heavy atom. The number of aliphatic hydroxyl groups is 2. The van der Waals surface area contributed by atoms with Crippen molar-refractivity contribution in [3.05, 3.63) is 35.7 Å². The van der Waals surface area contributed by atoms with Crippen LogP contribution >= 0.6 is 0 Å². The fraction of sp³-hybridized carbons (Fsp3) is 0.679. The van der Waals surface area contributed by atoms with E-state index >= 15 is 0 Å². The van der Waals surface area contributed by atoms with Gasteiger partial charge < -0.3 is 19.7 Å². The number of esters is 1. The van der Waals surface area contributed by atoms with Gasteiger partial charge in [-0.15, -0.1) is 0 Å². The molecule has 1 aromatic heterocycles. The van der Waals surface area contributed by atoms with E-state index in [1.807, 2.05) is 38.1 Å². The number of rotatable bonds is 2. The Morgan fingerprint density at radius 2 is 1.89 bits per heavy atom. The van der Waals surface area contributed by atoms with Gasteiger partial charge in [-0.3, -0.25) is 14.6 Å². The van der Waals surface area contributed by atoms with E-state index in [4.69, 9.17) is 9.47 Å². The number of fused-ring (bicyclic) bond motifs is 1. The van der Waals surface area contributed by atoms with Crippen molar-refractivity contribution in [2.45, 2.75) is 104 Å². The first-order valence-corrected chi connectivity index (χ1v) is 12.7. The summed E-state index contributed by atoms with van der Waals surface area (Å²) in [5.41, 5.74) is 0.0933. The number of epoxide rings is 1. The Bertz CT molecular complexity index is 929. The molecule has 2 fully saturated rings. The molecular weight excluding hydrogens is 446 g/mol. The van der Waals surface area contributed by atoms with Gasteiger partial charge in [0.1, 0.15) is 11.9 Å². The van der Waals surface area contributed by atoms with Crippen LogP contribution in [-0.4, -0.2) is 57.0 Å². The van der Waals surface area contributed by atoms with E-state index in [1.54, 1.807) is 27.0 Å². The minimum atomic E-state index is -1.23. The van der Waals surface area contributed by atoms with Gasteiger partial charge in [-0.1, -0.05) is 40.2 Å². The maximum Gasteiger partial charge on any atom is 0.309 e. The van der Waals surface area contributed by atoms with Gasteiger partial charge in [-0.2, -0.15) is 0 Å². The molecule has 2 saturated heterocycles. The fourth-order valence-electron chi connectivity index (χ4n) is 5.08. The maximum atomic E-state index is 13.2. The zero-order valence-electron chi connectivity index (χ0n) is 21.9. The molecule has 2 N–H and O–H groups in total. The molecule has 0 saturated carbocycles. The van der Waals surface area contributed by atoms with Crippen LogP contribution in [0.1, 0.15) is 79.3 Å². The minimum Gasteiger partial charge on any atom is -0.458 e. The molecule has 7 heteroatoms. The number of hydrogen-bond acceptors (Lipinski definition) is 7. The summed E-state index contributed by atoms with van der Waals surface area (Å²) in [4.78, 5) is 30.5. The van der Waals surface area contributed by atoms with Crippen molar-refractivity contribution in [2.24, 2.45) is 17.3 Å². The van der Waals surface area contributed by atoms with Crippen molar-refractivity contribution >= 4 is 17.8 Å². The number of pyridine rings is 1. The van der Waals surface area contributed by atoms with Crippen LogP contribution in [0.15, 0.2) is 30.0 Å². The molecule has 0 spiro atoms. The van der Waals surface area contributed by atoms with E-state index in [1.165, 1.54) is 0 Å². The van der Waals surface area contributed by atoms with Crippen molar-refractivity contribution in [1.29, 1.82) is 0 Å². The van der Waals surface area contributed by atoms with Crippen LogP contribution in [-0.2, 0) is 19.1 Å². The Balaban J connectivity index is 1.86. The minimum absolute atomic E-state index is 0.0533. The number of nitrogens with zero attached hydrogens (tertiary/aromatic N) is 1. The average Bonchev–Trinajstić information content (AvgIpc) is 3.45. The summed E-state index contributed by atoms with van der Waals surface area (Å²) in [7, 11) is 0. The van der Waals surface area contributed by atoms with E-state index in [9.17, 15) is 19.8 Å². The van der Waals surface area contributed by atoms with Crippen LogP contribution in [0.4, 0.5) is 0 Å². The largest absolute Gasteiger partial charge is 0.458 e. The number of Topliss-reactive ketones (excluding diaryl/α,β-unsaturated/α-hetero) is 1. The van der Waals surface area contributed by atoms with Gasteiger partial charge in [0.2, 0.25) is 0 Å². The van der Waals surface area contributed by atoms with Gasteiger partial charge in [0.25, 0.3) is 0 Å². The summed E-state index contributed by atoms with van der Waals surface area (Å²) < 4.78 is 11.9. The number of ether oxygens (including phenoxy) is 2.